The summed E-state index contributed by atoms with van der Waals surface area (Å²) in [4.78, 5) is 4.81. The van der Waals surface area contributed by atoms with Gasteiger partial charge in [-0.2, -0.15) is 0 Å². The molecule has 2 aromatic heterocycles. The molecule has 0 spiro atoms. The van der Waals surface area contributed by atoms with Crippen molar-refractivity contribution in [3.63, 3.8) is 0 Å². The summed E-state index contributed by atoms with van der Waals surface area (Å²) >= 11 is 0. The third-order valence-electron chi connectivity index (χ3n) is 4.22. The first-order valence-corrected chi connectivity index (χ1v) is 7.90. The van der Waals surface area contributed by atoms with Gasteiger partial charge < -0.3 is 9.72 Å². The minimum absolute atomic E-state index is 0.989. The van der Waals surface area contributed by atoms with Crippen molar-refractivity contribution >= 4 is 11.3 Å². The van der Waals surface area contributed by atoms with Crippen LogP contribution >= 0.6 is 0 Å². The lowest BCUT2D eigenvalue weighted by atomic mass is 10.0. The van der Waals surface area contributed by atoms with Crippen LogP contribution in [0.3, 0.4) is 0 Å². The highest BCUT2D eigenvalue weighted by Crippen LogP contribution is 2.26. The Hall–Kier alpha value is -2.29. The molecule has 114 valence electrons. The number of aromatic nitrogens is 2. The summed E-state index contributed by atoms with van der Waals surface area (Å²) in [7, 11) is 0. The molecule has 3 heteroatoms. The third-order valence-corrected chi connectivity index (χ3v) is 4.22. The van der Waals surface area contributed by atoms with Crippen molar-refractivity contribution in [1.29, 1.82) is 0 Å². The average Bonchev–Trinajstić information content (AvgIpc) is 2.85. The van der Waals surface area contributed by atoms with Crippen LogP contribution in [-0.2, 0) is 0 Å². The molecule has 2 heterocycles. The fraction of sp³-hybridized carbons (Fsp3) is 0.316. The molecule has 0 aliphatic heterocycles. The Labute approximate surface area is 132 Å². The molecule has 0 saturated carbocycles. The Morgan fingerprint density at radius 3 is 2.59 bits per heavy atom. The highest BCUT2D eigenvalue weighted by atomic mass is 15.0. The number of hydrogen-bond donors (Lipinski definition) is 1. The highest BCUT2D eigenvalue weighted by Gasteiger charge is 2.11. The van der Waals surface area contributed by atoms with Crippen LogP contribution in [-0.4, -0.2) is 15.9 Å². The lowest BCUT2D eigenvalue weighted by molar-refractivity contribution is 0.974. The molecule has 0 bridgehead atoms. The maximum absolute atomic E-state index is 4.81. The number of imidazole rings is 1. The Bertz CT molecular complexity index is 815. The van der Waals surface area contributed by atoms with Crippen molar-refractivity contribution < 1.29 is 0 Å². The molecule has 3 nitrogen and oxygen atoms in total. The first kappa shape index (κ1) is 14.6. The van der Waals surface area contributed by atoms with Gasteiger partial charge in [0.2, 0.25) is 0 Å². The quantitative estimate of drug-likeness (QED) is 0.752. The Morgan fingerprint density at radius 1 is 1.05 bits per heavy atom. The molecule has 0 fully saturated rings. The Morgan fingerprint density at radius 2 is 1.86 bits per heavy atom. The third kappa shape index (κ3) is 2.59. The first-order chi connectivity index (χ1) is 10.6. The van der Waals surface area contributed by atoms with Gasteiger partial charge >= 0.3 is 0 Å². The summed E-state index contributed by atoms with van der Waals surface area (Å²) < 4.78 is 2.17. The van der Waals surface area contributed by atoms with Crippen LogP contribution < -0.4 is 5.32 Å². The van der Waals surface area contributed by atoms with E-state index in [0.29, 0.717) is 0 Å². The zero-order chi connectivity index (χ0) is 15.7. The molecular weight excluding hydrogens is 270 g/mol. The molecule has 22 heavy (non-hydrogen) atoms. The fourth-order valence-corrected chi connectivity index (χ4v) is 2.70. The standard InChI is InChI=1S/C19H23N3/c1-5-10-20-17-8-9-18-21-19(15(4)22(18)12-17)16-7-6-13(2)14(3)11-16/h6-9,11-12,20H,5,10H2,1-4H3. The molecule has 0 aliphatic carbocycles. The number of nitrogens with one attached hydrogen (secondary N) is 1. The van der Waals surface area contributed by atoms with Gasteiger partial charge in [-0.25, -0.2) is 4.98 Å². The van der Waals surface area contributed by atoms with Gasteiger partial charge in [-0.1, -0.05) is 19.1 Å². The molecule has 1 aromatic carbocycles. The van der Waals surface area contributed by atoms with E-state index in [2.05, 4.69) is 73.9 Å². The summed E-state index contributed by atoms with van der Waals surface area (Å²) in [5.41, 5.74) is 8.19. The predicted molar refractivity (Wildman–Crippen MR) is 93.6 cm³/mol. The smallest absolute Gasteiger partial charge is 0.137 e. The van der Waals surface area contributed by atoms with Crippen molar-refractivity contribution in [2.75, 3.05) is 11.9 Å². The van der Waals surface area contributed by atoms with Crippen LogP contribution in [0.2, 0.25) is 0 Å². The highest BCUT2D eigenvalue weighted by molar-refractivity contribution is 5.68. The molecule has 0 aliphatic rings. The van der Waals surface area contributed by atoms with Crippen LogP contribution in [0.25, 0.3) is 16.9 Å². The molecule has 3 aromatic rings. The molecule has 0 unspecified atom stereocenters. The summed E-state index contributed by atoms with van der Waals surface area (Å²) in [5, 5.41) is 3.43. The van der Waals surface area contributed by atoms with E-state index in [1.165, 1.54) is 22.4 Å². The molecule has 0 saturated heterocycles. The van der Waals surface area contributed by atoms with E-state index in [4.69, 9.17) is 4.98 Å². The van der Waals surface area contributed by atoms with Gasteiger partial charge in [-0.15, -0.1) is 0 Å². The number of anilines is 1. The normalized spacial score (nSPS) is 11.1. The second kappa shape index (κ2) is 5.84. The van der Waals surface area contributed by atoms with Crippen molar-refractivity contribution in [3.8, 4) is 11.3 Å². The number of pyridine rings is 1. The van der Waals surface area contributed by atoms with Crippen LogP contribution in [0.4, 0.5) is 5.69 Å². The minimum Gasteiger partial charge on any atom is -0.384 e. The second-order valence-corrected chi connectivity index (χ2v) is 5.92. The van der Waals surface area contributed by atoms with E-state index in [9.17, 15) is 0 Å². The summed E-state index contributed by atoms with van der Waals surface area (Å²) in [6.07, 6.45) is 3.26. The summed E-state index contributed by atoms with van der Waals surface area (Å²) in [6, 6.07) is 10.7. The van der Waals surface area contributed by atoms with E-state index >= 15 is 0 Å². The summed E-state index contributed by atoms with van der Waals surface area (Å²) in [6.45, 7) is 9.58. The number of rotatable bonds is 4. The van der Waals surface area contributed by atoms with Crippen LogP contribution in [0.15, 0.2) is 36.5 Å². The SMILES string of the molecule is CCCNc1ccc2nc(-c3ccc(C)c(C)c3)c(C)n2c1. The zero-order valence-electron chi connectivity index (χ0n) is 13.8. The fourth-order valence-electron chi connectivity index (χ4n) is 2.70. The maximum atomic E-state index is 4.81. The zero-order valence-corrected chi connectivity index (χ0v) is 13.8. The van der Waals surface area contributed by atoms with Crippen molar-refractivity contribution in [3.05, 3.63) is 53.3 Å². The van der Waals surface area contributed by atoms with Gasteiger partial charge in [-0.3, -0.25) is 0 Å². The number of aryl methyl sites for hydroxylation is 3. The number of nitrogens with zero attached hydrogens (tertiary/aromatic N) is 2. The van der Waals surface area contributed by atoms with Gasteiger partial charge in [0.25, 0.3) is 0 Å². The van der Waals surface area contributed by atoms with Gasteiger partial charge in [0.15, 0.2) is 0 Å². The molecule has 0 atom stereocenters. The van der Waals surface area contributed by atoms with Crippen molar-refractivity contribution in [2.45, 2.75) is 34.1 Å². The largest absolute Gasteiger partial charge is 0.384 e. The van der Waals surface area contributed by atoms with E-state index < -0.39 is 0 Å². The predicted octanol–water partition coefficient (Wildman–Crippen LogP) is 4.75. The van der Waals surface area contributed by atoms with E-state index in [0.717, 1.165) is 30.0 Å². The van der Waals surface area contributed by atoms with E-state index in [1.807, 2.05) is 0 Å². The first-order valence-electron chi connectivity index (χ1n) is 7.90. The number of fused-ring (bicyclic) bond motifs is 1. The number of benzene rings is 1. The Kier molecular flexibility index (Phi) is 3.88. The van der Waals surface area contributed by atoms with Crippen LogP contribution in [0.1, 0.15) is 30.2 Å². The van der Waals surface area contributed by atoms with Crippen molar-refractivity contribution in [2.24, 2.45) is 0 Å². The molecule has 0 amide bonds. The number of hydrogen-bond acceptors (Lipinski definition) is 2. The van der Waals surface area contributed by atoms with E-state index in [1.54, 1.807) is 0 Å². The van der Waals surface area contributed by atoms with Crippen molar-refractivity contribution in [1.82, 2.24) is 9.38 Å². The van der Waals surface area contributed by atoms with Crippen LogP contribution in [0, 0.1) is 20.8 Å². The molecular formula is C19H23N3. The molecule has 3 rings (SSSR count). The van der Waals surface area contributed by atoms with Gasteiger partial charge in [0, 0.05) is 24.0 Å². The summed E-state index contributed by atoms with van der Waals surface area (Å²) in [5.74, 6) is 0. The van der Waals surface area contributed by atoms with Crippen LogP contribution in [0.5, 0.6) is 0 Å². The van der Waals surface area contributed by atoms with Gasteiger partial charge in [0.05, 0.1) is 11.4 Å². The topological polar surface area (TPSA) is 29.3 Å². The lowest BCUT2D eigenvalue weighted by Crippen LogP contribution is -2.01. The molecule has 1 N–H and O–H groups in total. The maximum Gasteiger partial charge on any atom is 0.137 e. The van der Waals surface area contributed by atoms with Gasteiger partial charge in [0.1, 0.15) is 5.65 Å². The second-order valence-electron chi connectivity index (χ2n) is 5.92. The minimum atomic E-state index is 0.989. The van der Waals surface area contributed by atoms with Gasteiger partial charge in [-0.05, 0) is 56.5 Å². The lowest BCUT2D eigenvalue weighted by Gasteiger charge is -2.06. The van der Waals surface area contributed by atoms with E-state index in [-0.39, 0.29) is 0 Å². The Balaban J connectivity index is 2.07. The monoisotopic (exact) mass is 293 g/mol. The average molecular weight is 293 g/mol. The molecule has 0 radical (unpaired) electrons.